The highest BCUT2D eigenvalue weighted by molar-refractivity contribution is 5.99. The molecule has 0 aromatic heterocycles. The van der Waals surface area contributed by atoms with Gasteiger partial charge in [0.05, 0.1) is 12.3 Å². The molecule has 0 bridgehead atoms. The van der Waals surface area contributed by atoms with E-state index >= 15 is 0 Å². The van der Waals surface area contributed by atoms with Crippen molar-refractivity contribution < 1.29 is 9.94 Å². The number of aliphatic hydroxyl groups excluding tert-OH is 1. The van der Waals surface area contributed by atoms with Gasteiger partial charge in [-0.05, 0) is 12.5 Å². The van der Waals surface area contributed by atoms with Gasteiger partial charge in [0.1, 0.15) is 7.11 Å². The smallest absolute Gasteiger partial charge is 0.106 e. The Bertz CT molecular complexity index is 308. The number of benzene rings is 1. The van der Waals surface area contributed by atoms with Gasteiger partial charge < -0.3 is 9.94 Å². The van der Waals surface area contributed by atoms with E-state index in [4.69, 9.17) is 5.11 Å². The van der Waals surface area contributed by atoms with Gasteiger partial charge in [-0.15, -0.1) is 0 Å². The molecule has 1 rings (SSSR count). The third-order valence-corrected chi connectivity index (χ3v) is 1.81. The maximum atomic E-state index is 9.04. The number of rotatable bonds is 3. The Morgan fingerprint density at radius 2 is 2.15 bits per heavy atom. The predicted molar refractivity (Wildman–Crippen MR) is 51.6 cm³/mol. The van der Waals surface area contributed by atoms with Crippen molar-refractivity contribution in [2.24, 2.45) is 5.16 Å². The summed E-state index contributed by atoms with van der Waals surface area (Å²) in [6.07, 6.45) is 0. The van der Waals surface area contributed by atoms with Crippen LogP contribution in [0.3, 0.4) is 0 Å². The highest BCUT2D eigenvalue weighted by Gasteiger charge is 2.03. The van der Waals surface area contributed by atoms with Crippen molar-refractivity contribution in [3.63, 3.8) is 0 Å². The van der Waals surface area contributed by atoms with Gasteiger partial charge in [0, 0.05) is 5.56 Å². The molecule has 0 aliphatic rings. The molecule has 1 N–H and O–H groups in total. The Labute approximate surface area is 77.6 Å². The topological polar surface area (TPSA) is 41.8 Å². The van der Waals surface area contributed by atoms with Crippen LogP contribution in [0, 0.1) is 0 Å². The molecule has 1 aromatic rings. The Morgan fingerprint density at radius 1 is 1.46 bits per heavy atom. The normalized spacial score (nSPS) is 11.5. The fourth-order valence-corrected chi connectivity index (χ4v) is 1.20. The highest BCUT2D eigenvalue weighted by atomic mass is 16.6. The fraction of sp³-hybridized carbons (Fsp3) is 0.300. The Kier molecular flexibility index (Phi) is 3.46. The van der Waals surface area contributed by atoms with Gasteiger partial charge >= 0.3 is 0 Å². The van der Waals surface area contributed by atoms with Crippen molar-refractivity contribution in [2.45, 2.75) is 13.5 Å². The van der Waals surface area contributed by atoms with Gasteiger partial charge in [0.2, 0.25) is 0 Å². The largest absolute Gasteiger partial charge is 0.399 e. The van der Waals surface area contributed by atoms with E-state index in [0.717, 1.165) is 16.8 Å². The minimum Gasteiger partial charge on any atom is -0.399 e. The molecule has 0 aliphatic carbocycles. The summed E-state index contributed by atoms with van der Waals surface area (Å²) in [5.74, 6) is 0. The van der Waals surface area contributed by atoms with Crippen molar-refractivity contribution in [1.29, 1.82) is 0 Å². The third-order valence-electron chi connectivity index (χ3n) is 1.81. The van der Waals surface area contributed by atoms with Crippen LogP contribution in [0.1, 0.15) is 18.1 Å². The van der Waals surface area contributed by atoms with Crippen molar-refractivity contribution in [1.82, 2.24) is 0 Å². The van der Waals surface area contributed by atoms with E-state index in [0.29, 0.717) is 0 Å². The van der Waals surface area contributed by atoms with Crippen molar-refractivity contribution >= 4 is 5.71 Å². The van der Waals surface area contributed by atoms with Gasteiger partial charge in [0.15, 0.2) is 0 Å². The molecule has 3 nitrogen and oxygen atoms in total. The zero-order valence-corrected chi connectivity index (χ0v) is 7.82. The minimum absolute atomic E-state index is 0.0206. The first kappa shape index (κ1) is 9.74. The molecule has 3 heteroatoms. The summed E-state index contributed by atoms with van der Waals surface area (Å²) >= 11 is 0. The van der Waals surface area contributed by atoms with Gasteiger partial charge in [0.25, 0.3) is 0 Å². The van der Waals surface area contributed by atoms with Crippen LogP contribution in [-0.4, -0.2) is 17.9 Å². The Morgan fingerprint density at radius 3 is 2.77 bits per heavy atom. The monoisotopic (exact) mass is 179 g/mol. The van der Waals surface area contributed by atoms with Crippen molar-refractivity contribution in [3.8, 4) is 0 Å². The standard InChI is InChI=1S/C10H13NO2/c1-8(11-13-2)10-6-4-3-5-9(10)7-12/h3-6,12H,7H2,1-2H3/b11-8+. The minimum atomic E-state index is 0.0206. The molecule has 0 radical (unpaired) electrons. The lowest BCUT2D eigenvalue weighted by atomic mass is 10.0. The SMILES string of the molecule is CO/N=C(\C)c1ccccc1CO. The van der Waals surface area contributed by atoms with Crippen LogP contribution in [0.4, 0.5) is 0 Å². The summed E-state index contributed by atoms with van der Waals surface area (Å²) in [4.78, 5) is 4.66. The zero-order valence-electron chi connectivity index (χ0n) is 7.82. The second-order valence-corrected chi connectivity index (χ2v) is 2.67. The third kappa shape index (κ3) is 2.29. The van der Waals surface area contributed by atoms with Gasteiger partial charge in [-0.2, -0.15) is 0 Å². The Hall–Kier alpha value is -1.35. The van der Waals surface area contributed by atoms with E-state index in [2.05, 4.69) is 9.99 Å². The summed E-state index contributed by atoms with van der Waals surface area (Å²) in [5.41, 5.74) is 2.56. The van der Waals surface area contributed by atoms with E-state index < -0.39 is 0 Å². The number of aliphatic hydroxyl groups is 1. The molecule has 13 heavy (non-hydrogen) atoms. The maximum absolute atomic E-state index is 9.04. The first-order valence-corrected chi connectivity index (χ1v) is 4.06. The van der Waals surface area contributed by atoms with Crippen LogP contribution in [0.15, 0.2) is 29.4 Å². The second kappa shape index (κ2) is 4.62. The summed E-state index contributed by atoms with van der Waals surface area (Å²) in [6.45, 7) is 1.87. The van der Waals surface area contributed by atoms with Gasteiger partial charge in [-0.3, -0.25) is 0 Å². The average molecular weight is 179 g/mol. The molecule has 1 aromatic carbocycles. The molecule has 0 amide bonds. The zero-order chi connectivity index (χ0) is 9.68. The average Bonchev–Trinajstić information content (AvgIpc) is 2.18. The first-order chi connectivity index (χ1) is 6.29. The van der Waals surface area contributed by atoms with Crippen molar-refractivity contribution in [3.05, 3.63) is 35.4 Å². The number of oxime groups is 1. The van der Waals surface area contributed by atoms with Crippen LogP contribution < -0.4 is 0 Å². The lowest BCUT2D eigenvalue weighted by Gasteiger charge is -2.04. The quantitative estimate of drug-likeness (QED) is 0.565. The van der Waals surface area contributed by atoms with Gasteiger partial charge in [-0.25, -0.2) is 0 Å². The van der Waals surface area contributed by atoms with Crippen LogP contribution in [-0.2, 0) is 11.4 Å². The van der Waals surface area contributed by atoms with E-state index in [1.807, 2.05) is 31.2 Å². The molecule has 0 saturated heterocycles. The highest BCUT2D eigenvalue weighted by Crippen LogP contribution is 2.09. The molecular weight excluding hydrogens is 166 g/mol. The molecule has 0 unspecified atom stereocenters. The number of hydrogen-bond acceptors (Lipinski definition) is 3. The van der Waals surface area contributed by atoms with E-state index in [-0.39, 0.29) is 6.61 Å². The lowest BCUT2D eigenvalue weighted by Crippen LogP contribution is -2.00. The summed E-state index contributed by atoms with van der Waals surface area (Å²) in [6, 6.07) is 7.56. The number of nitrogens with zero attached hydrogens (tertiary/aromatic N) is 1. The van der Waals surface area contributed by atoms with Crippen LogP contribution >= 0.6 is 0 Å². The van der Waals surface area contributed by atoms with E-state index in [1.165, 1.54) is 7.11 Å². The Balaban J connectivity index is 3.05. The van der Waals surface area contributed by atoms with E-state index in [1.54, 1.807) is 0 Å². The molecule has 0 heterocycles. The van der Waals surface area contributed by atoms with Crippen molar-refractivity contribution in [2.75, 3.05) is 7.11 Å². The summed E-state index contributed by atoms with van der Waals surface area (Å²) in [7, 11) is 1.51. The molecule has 70 valence electrons. The molecule has 0 atom stereocenters. The van der Waals surface area contributed by atoms with E-state index in [9.17, 15) is 0 Å². The fourth-order valence-electron chi connectivity index (χ4n) is 1.20. The first-order valence-electron chi connectivity index (χ1n) is 4.06. The second-order valence-electron chi connectivity index (χ2n) is 2.67. The molecule has 0 aliphatic heterocycles. The van der Waals surface area contributed by atoms with Gasteiger partial charge in [-0.1, -0.05) is 29.4 Å². The summed E-state index contributed by atoms with van der Waals surface area (Å²) < 4.78 is 0. The number of hydrogen-bond donors (Lipinski definition) is 1. The molecule has 0 spiro atoms. The maximum Gasteiger partial charge on any atom is 0.106 e. The molecule has 0 saturated carbocycles. The van der Waals surface area contributed by atoms with Crippen LogP contribution in [0.5, 0.6) is 0 Å². The lowest BCUT2D eigenvalue weighted by molar-refractivity contribution is 0.213. The predicted octanol–water partition coefficient (Wildman–Crippen LogP) is 1.55. The summed E-state index contributed by atoms with van der Waals surface area (Å²) in [5, 5.41) is 12.8. The van der Waals surface area contributed by atoms with Crippen LogP contribution in [0.25, 0.3) is 0 Å². The van der Waals surface area contributed by atoms with Crippen LogP contribution in [0.2, 0.25) is 0 Å². The molecule has 0 fully saturated rings. The molecular formula is C10H13NO2.